The number of hydrogen-bond donors (Lipinski definition) is 13. The Kier molecular flexibility index (Phi) is 12.6. The van der Waals surface area contributed by atoms with E-state index in [-0.39, 0.29) is 17.1 Å². The molecule has 0 saturated carbocycles. The molecule has 0 unspecified atom stereocenters. The number of nitrogens with zero attached hydrogens (tertiary/aromatic N) is 4. The molecule has 14 N–H and O–H groups in total. The zero-order valence-electron chi connectivity index (χ0n) is 17.7. The van der Waals surface area contributed by atoms with Gasteiger partial charge in [0.1, 0.15) is 18.3 Å². The van der Waals surface area contributed by atoms with Gasteiger partial charge in [-0.2, -0.15) is 4.98 Å². The fraction of sp³-hybridized carbons (Fsp3) is 0.545. The van der Waals surface area contributed by atoms with E-state index in [1.807, 2.05) is 0 Å². The Hall–Kier alpha value is -1.68. The van der Waals surface area contributed by atoms with E-state index in [0.29, 0.717) is 0 Å². The summed E-state index contributed by atoms with van der Waals surface area (Å²) in [5, 5.41) is 28.9. The van der Waals surface area contributed by atoms with Crippen molar-refractivity contribution >= 4 is 40.6 Å². The van der Waals surface area contributed by atoms with Gasteiger partial charge < -0.3 is 69.8 Å². The zero-order chi connectivity index (χ0) is 28.8. The lowest BCUT2D eigenvalue weighted by Crippen LogP contribution is -2.33. The van der Waals surface area contributed by atoms with Crippen LogP contribution < -0.4 is 11.3 Å². The quantitative estimate of drug-likeness (QED) is 0.145. The number of ether oxygens (including phenoxy) is 1. The Labute approximate surface area is 198 Å². The van der Waals surface area contributed by atoms with E-state index in [9.17, 15) is 15.0 Å². The molecular formula is C11H24N5O17P3. The maximum Gasteiger partial charge on any atom is 0.466 e. The van der Waals surface area contributed by atoms with Crippen molar-refractivity contribution in [2.24, 2.45) is 7.05 Å². The minimum absolute atomic E-state index is 0.0130. The molecule has 0 aliphatic carbocycles. The van der Waals surface area contributed by atoms with Gasteiger partial charge >= 0.3 is 23.5 Å². The molecule has 25 heteroatoms. The first-order valence-corrected chi connectivity index (χ1v) is 13.3. The zero-order valence-corrected chi connectivity index (χ0v) is 20.4. The van der Waals surface area contributed by atoms with Crippen LogP contribution in [0.25, 0.3) is 11.2 Å². The topological polar surface area (TPSA) is 382 Å². The molecule has 0 bridgehead atoms. The summed E-state index contributed by atoms with van der Waals surface area (Å²) in [7, 11) is -12.4. The van der Waals surface area contributed by atoms with E-state index in [2.05, 4.69) is 9.97 Å². The third-order valence-electron chi connectivity index (χ3n) is 3.63. The highest BCUT2D eigenvalue weighted by atomic mass is 31.2. The maximum absolute atomic E-state index is 12.0. The fourth-order valence-corrected chi connectivity index (χ4v) is 2.36. The summed E-state index contributed by atoms with van der Waals surface area (Å²) in [6.07, 6.45) is -3.20. The molecule has 1 aliphatic heterocycles. The fourth-order valence-electron chi connectivity index (χ4n) is 2.36. The van der Waals surface area contributed by atoms with Gasteiger partial charge in [0, 0.05) is 7.05 Å². The van der Waals surface area contributed by atoms with Crippen LogP contribution in [0.2, 0.25) is 0 Å². The van der Waals surface area contributed by atoms with Crippen LogP contribution in [0.4, 0.5) is 5.95 Å². The second kappa shape index (κ2) is 13.2. The standard InChI is InChI=1S/C11H15N5O5.3H3O4P/c1-15-9(20)5-8(14-11(15)12)16(3-13-5)10-7(19)6(18)4(2-17)21-10;3*1-5(2,3)4/h3-4,6-7,10,17-19H,2H2,1H3,(H2,12,14);3*(H3,1,2,3,4)/t4-,6-,7-,10-;;;/m1.../s1. The largest absolute Gasteiger partial charge is 0.466 e. The molecule has 36 heavy (non-hydrogen) atoms. The summed E-state index contributed by atoms with van der Waals surface area (Å²) in [6, 6.07) is 0. The molecular weight excluding hydrogens is 567 g/mol. The molecule has 3 heterocycles. The molecule has 0 radical (unpaired) electrons. The third kappa shape index (κ3) is 13.0. The third-order valence-corrected chi connectivity index (χ3v) is 3.63. The Balaban J connectivity index is 0.000000672. The number of aliphatic hydroxyl groups is 3. The van der Waals surface area contributed by atoms with Gasteiger partial charge in [0.15, 0.2) is 17.4 Å². The van der Waals surface area contributed by atoms with Gasteiger partial charge in [-0.25, -0.2) is 18.7 Å². The van der Waals surface area contributed by atoms with Crippen molar-refractivity contribution in [2.75, 3.05) is 12.3 Å². The minimum Gasteiger partial charge on any atom is -0.394 e. The number of imidazole rings is 1. The number of aliphatic hydroxyl groups excluding tert-OH is 3. The predicted octanol–water partition coefficient (Wildman–Crippen LogP) is -5.46. The van der Waals surface area contributed by atoms with E-state index in [0.717, 1.165) is 4.57 Å². The highest BCUT2D eigenvalue weighted by molar-refractivity contribution is 7.45. The summed E-state index contributed by atoms with van der Waals surface area (Å²) in [5.74, 6) is -0.0130. The van der Waals surface area contributed by atoms with Gasteiger partial charge in [0.2, 0.25) is 5.95 Å². The second-order valence-corrected chi connectivity index (χ2v) is 9.51. The van der Waals surface area contributed by atoms with Crippen LogP contribution in [0.3, 0.4) is 0 Å². The second-order valence-electron chi connectivity index (χ2n) is 6.43. The molecule has 2 aromatic heterocycles. The van der Waals surface area contributed by atoms with Crippen LogP contribution in [0.15, 0.2) is 11.1 Å². The molecule has 4 atom stereocenters. The summed E-state index contributed by atoms with van der Waals surface area (Å²) >= 11 is 0. The summed E-state index contributed by atoms with van der Waals surface area (Å²) in [4.78, 5) is 84.7. The van der Waals surface area contributed by atoms with E-state index >= 15 is 0 Å². The molecule has 2 aromatic rings. The Morgan fingerprint density at radius 1 is 0.944 bits per heavy atom. The molecule has 3 rings (SSSR count). The number of phosphoric acid groups is 3. The Bertz CT molecular complexity index is 1130. The Morgan fingerprint density at radius 2 is 1.36 bits per heavy atom. The first-order valence-electron chi connectivity index (χ1n) is 8.62. The number of nitrogen functional groups attached to an aromatic ring is 1. The molecule has 0 spiro atoms. The molecule has 1 saturated heterocycles. The van der Waals surface area contributed by atoms with Crippen LogP contribution in [-0.2, 0) is 25.5 Å². The lowest BCUT2D eigenvalue weighted by Gasteiger charge is -2.16. The van der Waals surface area contributed by atoms with Gasteiger partial charge in [0.05, 0.1) is 12.9 Å². The highest BCUT2D eigenvalue weighted by Crippen LogP contribution is 2.31. The van der Waals surface area contributed by atoms with Gasteiger partial charge in [-0.15, -0.1) is 0 Å². The SMILES string of the molecule is Cn1c(N)nc2c(ncn2[C@@H]2O[C@H](CO)[C@@H](O)[C@H]2O)c1=O.O=P(O)(O)O.O=P(O)(O)O.O=P(O)(O)O. The molecule has 1 fully saturated rings. The van der Waals surface area contributed by atoms with Gasteiger partial charge in [-0.1, -0.05) is 0 Å². The summed E-state index contributed by atoms with van der Waals surface area (Å²) in [6.45, 7) is -0.446. The van der Waals surface area contributed by atoms with Crippen LogP contribution >= 0.6 is 23.5 Å². The van der Waals surface area contributed by atoms with Gasteiger partial charge in [-0.05, 0) is 0 Å². The first kappa shape index (κ1) is 34.3. The summed E-state index contributed by atoms with van der Waals surface area (Å²) < 4.78 is 34.5. The number of anilines is 1. The monoisotopic (exact) mass is 591 g/mol. The van der Waals surface area contributed by atoms with Gasteiger partial charge in [0.25, 0.3) is 5.56 Å². The van der Waals surface area contributed by atoms with Crippen molar-refractivity contribution in [2.45, 2.75) is 24.5 Å². The van der Waals surface area contributed by atoms with E-state index in [4.69, 9.17) is 73.3 Å². The van der Waals surface area contributed by atoms with Crippen molar-refractivity contribution in [1.29, 1.82) is 0 Å². The number of rotatable bonds is 2. The van der Waals surface area contributed by atoms with Gasteiger partial charge in [-0.3, -0.25) is 13.9 Å². The lowest BCUT2D eigenvalue weighted by atomic mass is 10.1. The molecule has 0 aromatic carbocycles. The van der Waals surface area contributed by atoms with Crippen LogP contribution in [0, 0.1) is 0 Å². The number of aromatic nitrogens is 4. The molecule has 22 nitrogen and oxygen atoms in total. The van der Waals surface area contributed by atoms with Crippen molar-refractivity contribution < 1.29 is 77.8 Å². The number of fused-ring (bicyclic) bond motifs is 1. The van der Waals surface area contributed by atoms with Crippen LogP contribution in [-0.4, -0.2) is 103 Å². The van der Waals surface area contributed by atoms with E-state index in [1.165, 1.54) is 17.9 Å². The van der Waals surface area contributed by atoms with Crippen molar-refractivity contribution in [3.63, 3.8) is 0 Å². The van der Waals surface area contributed by atoms with Crippen LogP contribution in [0.1, 0.15) is 6.23 Å². The molecule has 0 amide bonds. The molecule has 1 aliphatic rings. The van der Waals surface area contributed by atoms with Crippen molar-refractivity contribution in [3.8, 4) is 0 Å². The average Bonchev–Trinajstić information content (AvgIpc) is 3.17. The number of hydrogen-bond acceptors (Lipinski definition) is 11. The average molecular weight is 591 g/mol. The van der Waals surface area contributed by atoms with Crippen molar-refractivity contribution in [3.05, 3.63) is 16.7 Å². The smallest absolute Gasteiger partial charge is 0.394 e. The lowest BCUT2D eigenvalue weighted by molar-refractivity contribution is -0.0511. The Morgan fingerprint density at radius 3 is 1.72 bits per heavy atom. The molecule has 210 valence electrons. The predicted molar refractivity (Wildman–Crippen MR) is 113 cm³/mol. The maximum atomic E-state index is 12.0. The van der Waals surface area contributed by atoms with E-state index in [1.54, 1.807) is 0 Å². The van der Waals surface area contributed by atoms with Crippen LogP contribution in [0.5, 0.6) is 0 Å². The minimum atomic E-state index is -4.64. The normalized spacial score (nSPS) is 22.0. The van der Waals surface area contributed by atoms with Crippen molar-refractivity contribution in [1.82, 2.24) is 19.1 Å². The summed E-state index contributed by atoms with van der Waals surface area (Å²) in [5.41, 5.74) is 5.44. The highest BCUT2D eigenvalue weighted by Gasteiger charge is 2.44. The van der Waals surface area contributed by atoms with E-state index < -0.39 is 60.2 Å². The first-order chi connectivity index (χ1) is 16.0. The number of nitrogens with two attached hydrogens (primary N) is 1.